The predicted octanol–water partition coefficient (Wildman–Crippen LogP) is 3.30. The fourth-order valence-electron chi connectivity index (χ4n) is 2.80. The van der Waals surface area contributed by atoms with Gasteiger partial charge in [0.2, 0.25) is 0 Å². The molecule has 0 unspecified atom stereocenters. The molecule has 4 nitrogen and oxygen atoms in total. The summed E-state index contributed by atoms with van der Waals surface area (Å²) in [4.78, 5) is 23.1. The van der Waals surface area contributed by atoms with E-state index >= 15 is 0 Å². The summed E-state index contributed by atoms with van der Waals surface area (Å²) >= 11 is 0. The smallest absolute Gasteiger partial charge is 0.258 e. The lowest BCUT2D eigenvalue weighted by atomic mass is 10.00. The van der Waals surface area contributed by atoms with E-state index in [1.54, 1.807) is 6.07 Å². The van der Waals surface area contributed by atoms with Gasteiger partial charge in [-0.15, -0.1) is 0 Å². The van der Waals surface area contributed by atoms with Gasteiger partial charge in [-0.3, -0.25) is 9.59 Å². The fraction of sp³-hybridized carbons (Fsp3) is 0. The number of aldehydes is 1. The van der Waals surface area contributed by atoms with Crippen LogP contribution in [0.2, 0.25) is 0 Å². The molecule has 0 aromatic heterocycles. The first-order valence-electron chi connectivity index (χ1n) is 6.95. The van der Waals surface area contributed by atoms with Crippen LogP contribution >= 0.6 is 0 Å². The van der Waals surface area contributed by atoms with Gasteiger partial charge in [0.25, 0.3) is 5.91 Å². The normalized spacial score (nSPS) is 18.3. The third-order valence-corrected chi connectivity index (χ3v) is 3.85. The predicted molar refractivity (Wildman–Crippen MR) is 86.5 cm³/mol. The van der Waals surface area contributed by atoms with E-state index in [0.29, 0.717) is 11.1 Å². The third kappa shape index (κ3) is 1.85. The molecular weight excluding hydrogens is 276 g/mol. The number of benzene rings is 2. The number of carbonyl (C=O) groups is 2. The number of hydrogen-bond acceptors (Lipinski definition) is 3. The Balaban J connectivity index is 1.83. The van der Waals surface area contributed by atoms with Crippen LogP contribution in [0.1, 0.15) is 21.5 Å². The van der Waals surface area contributed by atoms with Crippen molar-refractivity contribution < 1.29 is 9.59 Å². The molecule has 0 radical (unpaired) electrons. The Morgan fingerprint density at radius 3 is 2.64 bits per heavy atom. The fourth-order valence-corrected chi connectivity index (χ4v) is 2.80. The van der Waals surface area contributed by atoms with Gasteiger partial charge in [0.1, 0.15) is 6.29 Å². The van der Waals surface area contributed by atoms with E-state index in [2.05, 4.69) is 10.6 Å². The zero-order chi connectivity index (χ0) is 15.1. The number of amides is 1. The van der Waals surface area contributed by atoms with Gasteiger partial charge in [0.15, 0.2) is 0 Å². The molecule has 0 spiro atoms. The Kier molecular flexibility index (Phi) is 2.69. The minimum absolute atomic E-state index is 0.110. The molecule has 2 N–H and O–H groups in total. The number of anilines is 2. The maximum atomic E-state index is 12.3. The van der Waals surface area contributed by atoms with Crippen LogP contribution in [0.4, 0.5) is 11.4 Å². The molecule has 106 valence electrons. The highest BCUT2D eigenvalue weighted by molar-refractivity contribution is 6.33. The van der Waals surface area contributed by atoms with E-state index in [1.807, 2.05) is 48.6 Å². The van der Waals surface area contributed by atoms with E-state index in [1.165, 1.54) is 0 Å². The van der Waals surface area contributed by atoms with Crippen molar-refractivity contribution in [1.29, 1.82) is 0 Å². The number of carbonyl (C=O) groups excluding carboxylic acids is 2. The number of rotatable bonds is 1. The standard InChI is InChI=1S/C18H12N2O2/c21-10-11-5-7-14-12(9-11)6-8-16(19-14)17-13-3-1-2-4-15(13)20-18(17)22/h1-10,19H,(H,20,22). The van der Waals surface area contributed by atoms with Crippen LogP contribution < -0.4 is 10.6 Å². The van der Waals surface area contributed by atoms with Gasteiger partial charge in [0, 0.05) is 22.5 Å². The molecular formula is C18H12N2O2. The molecule has 0 bridgehead atoms. The minimum atomic E-state index is -0.110. The summed E-state index contributed by atoms with van der Waals surface area (Å²) < 4.78 is 0. The number of allylic oxidation sites excluding steroid dienone is 1. The van der Waals surface area contributed by atoms with Crippen molar-refractivity contribution >= 4 is 35.2 Å². The minimum Gasteiger partial charge on any atom is -0.354 e. The van der Waals surface area contributed by atoms with Crippen LogP contribution in [-0.2, 0) is 4.79 Å². The molecule has 2 aromatic carbocycles. The van der Waals surface area contributed by atoms with Gasteiger partial charge in [0.05, 0.1) is 11.3 Å². The van der Waals surface area contributed by atoms with Gasteiger partial charge in [-0.2, -0.15) is 0 Å². The second kappa shape index (κ2) is 4.70. The Morgan fingerprint density at radius 1 is 0.909 bits per heavy atom. The highest BCUT2D eigenvalue weighted by atomic mass is 16.2. The Bertz CT molecular complexity index is 878. The molecule has 4 rings (SSSR count). The first-order valence-corrected chi connectivity index (χ1v) is 6.95. The summed E-state index contributed by atoms with van der Waals surface area (Å²) in [6.45, 7) is 0. The van der Waals surface area contributed by atoms with E-state index in [-0.39, 0.29) is 5.91 Å². The van der Waals surface area contributed by atoms with E-state index in [0.717, 1.165) is 34.5 Å². The van der Waals surface area contributed by atoms with Crippen molar-refractivity contribution in [2.45, 2.75) is 0 Å². The Hall–Kier alpha value is -3.14. The van der Waals surface area contributed by atoms with Crippen LogP contribution in [0.5, 0.6) is 0 Å². The molecule has 2 heterocycles. The average molecular weight is 288 g/mol. The molecule has 0 atom stereocenters. The van der Waals surface area contributed by atoms with Crippen LogP contribution in [0.15, 0.2) is 54.2 Å². The molecule has 0 aliphatic carbocycles. The molecule has 2 aliphatic heterocycles. The number of para-hydroxylation sites is 1. The van der Waals surface area contributed by atoms with Crippen LogP contribution in [0.25, 0.3) is 11.6 Å². The summed E-state index contributed by atoms with van der Waals surface area (Å²) in [7, 11) is 0. The maximum absolute atomic E-state index is 12.3. The number of nitrogens with one attached hydrogen (secondary N) is 2. The van der Waals surface area contributed by atoms with Crippen molar-refractivity contribution in [2.75, 3.05) is 10.6 Å². The van der Waals surface area contributed by atoms with E-state index in [4.69, 9.17) is 0 Å². The summed E-state index contributed by atoms with van der Waals surface area (Å²) in [6.07, 6.45) is 4.60. The van der Waals surface area contributed by atoms with Gasteiger partial charge in [-0.1, -0.05) is 24.3 Å². The Morgan fingerprint density at radius 2 is 1.77 bits per heavy atom. The summed E-state index contributed by atoms with van der Waals surface area (Å²) in [5.41, 5.74) is 5.56. The molecule has 0 fully saturated rings. The van der Waals surface area contributed by atoms with Gasteiger partial charge < -0.3 is 10.6 Å². The van der Waals surface area contributed by atoms with Gasteiger partial charge in [-0.25, -0.2) is 0 Å². The zero-order valence-electron chi connectivity index (χ0n) is 11.6. The maximum Gasteiger partial charge on any atom is 0.258 e. The van der Waals surface area contributed by atoms with Crippen LogP contribution in [-0.4, -0.2) is 12.2 Å². The van der Waals surface area contributed by atoms with Crippen LogP contribution in [0, 0.1) is 0 Å². The second-order valence-corrected chi connectivity index (χ2v) is 5.21. The molecule has 0 saturated carbocycles. The monoisotopic (exact) mass is 288 g/mol. The highest BCUT2D eigenvalue weighted by Crippen LogP contribution is 2.36. The van der Waals surface area contributed by atoms with Crippen LogP contribution in [0.3, 0.4) is 0 Å². The number of fused-ring (bicyclic) bond motifs is 2. The van der Waals surface area contributed by atoms with Crippen molar-refractivity contribution in [1.82, 2.24) is 0 Å². The molecule has 22 heavy (non-hydrogen) atoms. The lowest BCUT2D eigenvalue weighted by Gasteiger charge is -2.17. The molecule has 0 saturated heterocycles. The summed E-state index contributed by atoms with van der Waals surface area (Å²) in [5, 5.41) is 6.15. The number of hydrogen-bond donors (Lipinski definition) is 2. The van der Waals surface area contributed by atoms with Crippen molar-refractivity contribution in [2.24, 2.45) is 0 Å². The topological polar surface area (TPSA) is 58.2 Å². The SMILES string of the molecule is O=Cc1ccc2c(c1)C=CC(=C1C(=O)Nc3ccccc31)N2. The first kappa shape index (κ1) is 12.6. The van der Waals surface area contributed by atoms with E-state index in [9.17, 15) is 9.59 Å². The molecule has 4 heteroatoms. The largest absolute Gasteiger partial charge is 0.354 e. The van der Waals surface area contributed by atoms with Gasteiger partial charge >= 0.3 is 0 Å². The zero-order valence-corrected chi connectivity index (χ0v) is 11.6. The quantitative estimate of drug-likeness (QED) is 0.625. The van der Waals surface area contributed by atoms with Crippen molar-refractivity contribution in [3.8, 4) is 0 Å². The average Bonchev–Trinajstić information content (AvgIpc) is 2.89. The summed E-state index contributed by atoms with van der Waals surface area (Å²) in [5.74, 6) is -0.110. The Labute approximate surface area is 127 Å². The van der Waals surface area contributed by atoms with Gasteiger partial charge in [-0.05, 0) is 35.9 Å². The summed E-state index contributed by atoms with van der Waals surface area (Å²) in [6, 6.07) is 13.0. The molecule has 2 aromatic rings. The first-order chi connectivity index (χ1) is 10.8. The third-order valence-electron chi connectivity index (χ3n) is 3.85. The van der Waals surface area contributed by atoms with Crippen molar-refractivity contribution in [3.05, 3.63) is 70.9 Å². The highest BCUT2D eigenvalue weighted by Gasteiger charge is 2.27. The van der Waals surface area contributed by atoms with E-state index < -0.39 is 0 Å². The van der Waals surface area contributed by atoms with Crippen molar-refractivity contribution in [3.63, 3.8) is 0 Å². The lowest BCUT2D eigenvalue weighted by molar-refractivity contribution is -0.110. The lowest BCUT2D eigenvalue weighted by Crippen LogP contribution is -2.11. The second-order valence-electron chi connectivity index (χ2n) is 5.21. The molecule has 2 aliphatic rings. The molecule has 1 amide bonds.